The van der Waals surface area contributed by atoms with Gasteiger partial charge in [0, 0.05) is 18.2 Å². The average molecular weight is 359 g/mol. The molecule has 1 fully saturated rings. The molecular weight excluding hydrogens is 337 g/mol. The lowest BCUT2D eigenvalue weighted by molar-refractivity contribution is 0.0681. The van der Waals surface area contributed by atoms with Gasteiger partial charge in [0.25, 0.3) is 5.91 Å². The predicted octanol–water partition coefficient (Wildman–Crippen LogP) is 3.95. The molecule has 1 unspecified atom stereocenters. The van der Waals surface area contributed by atoms with Crippen LogP contribution in [0.2, 0.25) is 0 Å². The van der Waals surface area contributed by atoms with Crippen LogP contribution in [0.4, 0.5) is 10.1 Å². The van der Waals surface area contributed by atoms with Crippen LogP contribution in [0.1, 0.15) is 28.8 Å². The van der Waals surface area contributed by atoms with Crippen molar-refractivity contribution in [2.75, 3.05) is 25.6 Å². The van der Waals surface area contributed by atoms with Gasteiger partial charge in [0.15, 0.2) is 0 Å². The second kappa shape index (κ2) is 8.19. The number of benzene rings is 2. The number of anilines is 1. The average Bonchev–Trinajstić information content (AvgIpc) is 3.15. The molecule has 3 rings (SSSR count). The summed E-state index contributed by atoms with van der Waals surface area (Å²) in [4.78, 5) is 12.5. The van der Waals surface area contributed by atoms with Crippen LogP contribution in [-0.4, -0.2) is 32.3 Å². The predicted molar refractivity (Wildman–Crippen MR) is 96.6 cm³/mol. The molecule has 138 valence electrons. The molecule has 1 saturated heterocycles. The minimum Gasteiger partial charge on any atom is -0.496 e. The Morgan fingerprint density at radius 3 is 2.85 bits per heavy atom. The fourth-order valence-corrected chi connectivity index (χ4v) is 2.84. The molecule has 5 nitrogen and oxygen atoms in total. The lowest BCUT2D eigenvalue weighted by atomic mass is 10.1. The molecule has 1 amide bonds. The first-order valence-corrected chi connectivity index (χ1v) is 8.57. The number of rotatable bonds is 6. The first-order chi connectivity index (χ1) is 12.6. The fraction of sp³-hybridized carbons (Fsp3) is 0.350. The highest BCUT2D eigenvalue weighted by molar-refractivity contribution is 6.05. The third-order valence-electron chi connectivity index (χ3n) is 4.31. The summed E-state index contributed by atoms with van der Waals surface area (Å²) < 4.78 is 30.2. The zero-order valence-electron chi connectivity index (χ0n) is 14.9. The van der Waals surface area contributed by atoms with Crippen molar-refractivity contribution in [1.82, 2.24) is 0 Å². The van der Waals surface area contributed by atoms with E-state index < -0.39 is 5.82 Å². The van der Waals surface area contributed by atoms with E-state index in [0.29, 0.717) is 23.7 Å². The molecule has 1 atom stereocenters. The van der Waals surface area contributed by atoms with Crippen LogP contribution in [0.15, 0.2) is 36.4 Å². The third-order valence-corrected chi connectivity index (χ3v) is 4.31. The normalized spacial score (nSPS) is 16.3. The maximum atomic E-state index is 13.7. The number of carbonyl (C=O) groups excluding carboxylic acids is 1. The van der Waals surface area contributed by atoms with Gasteiger partial charge < -0.3 is 19.5 Å². The molecule has 6 heteroatoms. The Morgan fingerprint density at radius 1 is 1.27 bits per heavy atom. The standard InChI is InChI=1S/C20H22FNO4/c1-13-5-6-14(10-19(13)24-2)20(23)22-17-11-15(21)7-8-18(17)26-12-16-4-3-9-25-16/h5-8,10-11,16H,3-4,9,12H2,1-2H3,(H,22,23). The third kappa shape index (κ3) is 4.32. The smallest absolute Gasteiger partial charge is 0.255 e. The summed E-state index contributed by atoms with van der Waals surface area (Å²) in [5.74, 6) is 0.211. The summed E-state index contributed by atoms with van der Waals surface area (Å²) >= 11 is 0. The number of aryl methyl sites for hydroxylation is 1. The van der Waals surface area contributed by atoms with Crippen LogP contribution in [0.3, 0.4) is 0 Å². The minimum absolute atomic E-state index is 0.0324. The Kier molecular flexibility index (Phi) is 5.73. The fourth-order valence-electron chi connectivity index (χ4n) is 2.84. The molecule has 0 aliphatic carbocycles. The van der Waals surface area contributed by atoms with Gasteiger partial charge in [-0.2, -0.15) is 0 Å². The Balaban J connectivity index is 1.75. The van der Waals surface area contributed by atoms with E-state index in [9.17, 15) is 9.18 Å². The maximum Gasteiger partial charge on any atom is 0.255 e. The van der Waals surface area contributed by atoms with Gasteiger partial charge in [-0.3, -0.25) is 4.79 Å². The number of hydrogen-bond acceptors (Lipinski definition) is 4. The highest BCUT2D eigenvalue weighted by atomic mass is 19.1. The molecule has 0 saturated carbocycles. The van der Waals surface area contributed by atoms with Crippen molar-refractivity contribution in [3.05, 3.63) is 53.3 Å². The molecule has 0 spiro atoms. The van der Waals surface area contributed by atoms with Crippen LogP contribution in [0, 0.1) is 12.7 Å². The molecule has 2 aromatic carbocycles. The Labute approximate surface area is 152 Å². The molecule has 0 aromatic heterocycles. The van der Waals surface area contributed by atoms with Crippen LogP contribution in [0.25, 0.3) is 0 Å². The Hall–Kier alpha value is -2.60. The summed E-state index contributed by atoms with van der Waals surface area (Å²) in [6, 6.07) is 9.20. The number of amides is 1. The minimum atomic E-state index is -0.453. The molecule has 2 aromatic rings. The van der Waals surface area contributed by atoms with Crippen LogP contribution in [0.5, 0.6) is 11.5 Å². The van der Waals surface area contributed by atoms with Gasteiger partial charge >= 0.3 is 0 Å². The van der Waals surface area contributed by atoms with Gasteiger partial charge in [0.05, 0.1) is 18.9 Å². The van der Waals surface area contributed by atoms with E-state index in [0.717, 1.165) is 25.0 Å². The number of methoxy groups -OCH3 is 1. The highest BCUT2D eigenvalue weighted by Crippen LogP contribution is 2.28. The van der Waals surface area contributed by atoms with Crippen molar-refractivity contribution in [2.45, 2.75) is 25.9 Å². The van der Waals surface area contributed by atoms with Gasteiger partial charge in [0.1, 0.15) is 23.9 Å². The van der Waals surface area contributed by atoms with E-state index in [-0.39, 0.29) is 17.7 Å². The monoisotopic (exact) mass is 359 g/mol. The van der Waals surface area contributed by atoms with Gasteiger partial charge in [-0.15, -0.1) is 0 Å². The molecular formula is C20H22FNO4. The second-order valence-corrected chi connectivity index (χ2v) is 6.23. The van der Waals surface area contributed by atoms with E-state index in [4.69, 9.17) is 14.2 Å². The lowest BCUT2D eigenvalue weighted by Crippen LogP contribution is -2.18. The van der Waals surface area contributed by atoms with Crippen LogP contribution >= 0.6 is 0 Å². The van der Waals surface area contributed by atoms with Crippen molar-refractivity contribution in [3.63, 3.8) is 0 Å². The van der Waals surface area contributed by atoms with E-state index >= 15 is 0 Å². The molecule has 1 heterocycles. The Morgan fingerprint density at radius 2 is 2.12 bits per heavy atom. The number of halogens is 1. The first kappa shape index (κ1) is 18.2. The van der Waals surface area contributed by atoms with Crippen molar-refractivity contribution >= 4 is 11.6 Å². The SMILES string of the molecule is COc1cc(C(=O)Nc2cc(F)ccc2OCC2CCCO2)ccc1C. The molecule has 1 aliphatic rings. The number of ether oxygens (including phenoxy) is 3. The Bertz CT molecular complexity index is 787. The molecule has 1 N–H and O–H groups in total. The van der Waals surface area contributed by atoms with E-state index in [1.807, 2.05) is 6.92 Å². The zero-order valence-corrected chi connectivity index (χ0v) is 14.9. The summed E-state index contributed by atoms with van der Waals surface area (Å²) in [5, 5.41) is 2.71. The lowest BCUT2D eigenvalue weighted by Gasteiger charge is -2.15. The quantitative estimate of drug-likeness (QED) is 0.848. The topological polar surface area (TPSA) is 56.8 Å². The van der Waals surface area contributed by atoms with Crippen molar-refractivity contribution in [1.29, 1.82) is 0 Å². The summed E-state index contributed by atoms with van der Waals surface area (Å²) in [5.41, 5.74) is 1.63. The largest absolute Gasteiger partial charge is 0.496 e. The molecule has 1 aliphatic heterocycles. The number of nitrogens with one attached hydrogen (secondary N) is 1. The van der Waals surface area contributed by atoms with Crippen molar-refractivity contribution in [3.8, 4) is 11.5 Å². The van der Waals surface area contributed by atoms with E-state index in [1.165, 1.54) is 18.2 Å². The van der Waals surface area contributed by atoms with Gasteiger partial charge in [-0.05, 0) is 49.6 Å². The summed E-state index contributed by atoms with van der Waals surface area (Å²) in [6.45, 7) is 2.99. The number of carbonyl (C=O) groups is 1. The van der Waals surface area contributed by atoms with E-state index in [2.05, 4.69) is 5.32 Å². The second-order valence-electron chi connectivity index (χ2n) is 6.23. The van der Waals surface area contributed by atoms with Crippen LogP contribution < -0.4 is 14.8 Å². The van der Waals surface area contributed by atoms with Gasteiger partial charge in [-0.25, -0.2) is 4.39 Å². The molecule has 0 bridgehead atoms. The van der Waals surface area contributed by atoms with E-state index in [1.54, 1.807) is 25.3 Å². The zero-order chi connectivity index (χ0) is 18.5. The summed E-state index contributed by atoms with van der Waals surface area (Å²) in [7, 11) is 1.55. The highest BCUT2D eigenvalue weighted by Gasteiger charge is 2.18. The number of hydrogen-bond donors (Lipinski definition) is 1. The van der Waals surface area contributed by atoms with Crippen molar-refractivity contribution in [2.24, 2.45) is 0 Å². The summed E-state index contributed by atoms with van der Waals surface area (Å²) in [6.07, 6.45) is 1.98. The maximum absolute atomic E-state index is 13.7. The van der Waals surface area contributed by atoms with Gasteiger partial charge in [-0.1, -0.05) is 6.07 Å². The van der Waals surface area contributed by atoms with Gasteiger partial charge in [0.2, 0.25) is 0 Å². The molecule has 26 heavy (non-hydrogen) atoms. The first-order valence-electron chi connectivity index (χ1n) is 8.57. The van der Waals surface area contributed by atoms with Crippen molar-refractivity contribution < 1.29 is 23.4 Å². The van der Waals surface area contributed by atoms with Crippen LogP contribution in [-0.2, 0) is 4.74 Å². The molecule has 0 radical (unpaired) electrons.